The molecule has 0 saturated carbocycles. The molecule has 1 rings (SSSR count). The maximum atomic E-state index is 4.37. The van der Waals surface area contributed by atoms with E-state index >= 15 is 0 Å². The molecule has 0 amide bonds. The first-order valence-corrected chi connectivity index (χ1v) is 4.90. The quantitative estimate of drug-likeness (QED) is 0.519. The molecule has 2 nitrogen and oxygen atoms in total. The van der Waals surface area contributed by atoms with Crippen molar-refractivity contribution < 1.29 is 0 Å². The van der Waals surface area contributed by atoms with Gasteiger partial charge < -0.3 is 5.32 Å². The highest BCUT2D eigenvalue weighted by molar-refractivity contribution is 5.55. The van der Waals surface area contributed by atoms with Gasteiger partial charge in [0.2, 0.25) is 0 Å². The molecule has 1 aliphatic heterocycles. The van der Waals surface area contributed by atoms with Crippen LogP contribution in [-0.2, 0) is 0 Å². The van der Waals surface area contributed by atoms with Crippen molar-refractivity contribution in [2.45, 2.75) is 19.8 Å². The second kappa shape index (κ2) is 5.70. The van der Waals surface area contributed by atoms with Crippen molar-refractivity contribution in [1.29, 1.82) is 0 Å². The summed E-state index contributed by atoms with van der Waals surface area (Å²) in [6.45, 7) is 7.89. The van der Waals surface area contributed by atoms with Gasteiger partial charge >= 0.3 is 0 Å². The number of nitrogens with zero attached hydrogens (tertiary/aromatic N) is 1. The van der Waals surface area contributed by atoms with E-state index in [0.717, 1.165) is 13.1 Å². The van der Waals surface area contributed by atoms with E-state index in [0.29, 0.717) is 5.92 Å². The van der Waals surface area contributed by atoms with Crippen LogP contribution in [0, 0.1) is 5.92 Å². The first-order valence-electron chi connectivity index (χ1n) is 4.90. The fourth-order valence-electron chi connectivity index (χ4n) is 1.67. The summed E-state index contributed by atoms with van der Waals surface area (Å²) in [6, 6.07) is 0. The smallest absolute Gasteiger partial charge is 0.0431 e. The molecule has 13 heavy (non-hydrogen) atoms. The minimum atomic E-state index is 0.621. The van der Waals surface area contributed by atoms with Gasteiger partial charge in [0.1, 0.15) is 0 Å². The van der Waals surface area contributed by atoms with Crippen molar-refractivity contribution in [3.63, 3.8) is 0 Å². The van der Waals surface area contributed by atoms with Crippen LogP contribution in [0.1, 0.15) is 19.8 Å². The standard InChI is InChI=1S/C11H18N2/c1-3-5-11(13-4-2)10-6-8-12-9-7-10/h3-5,10,12H,1,6-9H2,2H3/b11-5-,13-4?. The highest BCUT2D eigenvalue weighted by Crippen LogP contribution is 2.22. The molecule has 0 radical (unpaired) electrons. The molecule has 2 heteroatoms. The summed E-state index contributed by atoms with van der Waals surface area (Å²) in [5.74, 6) is 0.621. The average molecular weight is 178 g/mol. The van der Waals surface area contributed by atoms with E-state index in [4.69, 9.17) is 0 Å². The van der Waals surface area contributed by atoms with Gasteiger partial charge in [0.25, 0.3) is 0 Å². The highest BCUT2D eigenvalue weighted by atomic mass is 14.9. The molecule has 0 aromatic carbocycles. The predicted octanol–water partition coefficient (Wildman–Crippen LogP) is 2.15. The summed E-state index contributed by atoms with van der Waals surface area (Å²) in [4.78, 5) is 4.37. The number of aliphatic imine (C=N–C) groups is 1. The zero-order valence-corrected chi connectivity index (χ0v) is 8.29. The molecule has 0 aliphatic carbocycles. The Kier molecular flexibility index (Phi) is 4.47. The van der Waals surface area contributed by atoms with Gasteiger partial charge in [-0.3, -0.25) is 4.99 Å². The van der Waals surface area contributed by atoms with Crippen molar-refractivity contribution in [1.82, 2.24) is 5.32 Å². The number of hydrogen-bond acceptors (Lipinski definition) is 2. The fourth-order valence-corrected chi connectivity index (χ4v) is 1.67. The molecular formula is C11H18N2. The molecule has 0 spiro atoms. The number of hydrogen-bond donors (Lipinski definition) is 1. The first kappa shape index (κ1) is 10.2. The summed E-state index contributed by atoms with van der Waals surface area (Å²) in [7, 11) is 0. The van der Waals surface area contributed by atoms with Crippen LogP contribution in [0.2, 0.25) is 0 Å². The van der Waals surface area contributed by atoms with Crippen LogP contribution in [0.3, 0.4) is 0 Å². The molecule has 0 aromatic heterocycles. The Morgan fingerprint density at radius 2 is 2.15 bits per heavy atom. The van der Waals surface area contributed by atoms with E-state index in [2.05, 4.69) is 16.9 Å². The van der Waals surface area contributed by atoms with E-state index in [1.165, 1.54) is 18.5 Å². The second-order valence-corrected chi connectivity index (χ2v) is 3.24. The fraction of sp³-hybridized carbons (Fsp3) is 0.545. The SMILES string of the molecule is C=C/C=C(\N=CC)C1CCNCC1. The summed E-state index contributed by atoms with van der Waals surface area (Å²) in [6.07, 6.45) is 8.09. The Hall–Kier alpha value is -0.890. The molecule has 1 heterocycles. The Balaban J connectivity index is 2.62. The lowest BCUT2D eigenvalue weighted by Gasteiger charge is -2.22. The third-order valence-corrected chi connectivity index (χ3v) is 2.32. The van der Waals surface area contributed by atoms with E-state index in [9.17, 15) is 0 Å². The molecule has 0 atom stereocenters. The average Bonchev–Trinajstić information content (AvgIpc) is 2.19. The van der Waals surface area contributed by atoms with Crippen molar-refractivity contribution in [2.24, 2.45) is 10.9 Å². The molecule has 0 bridgehead atoms. The number of allylic oxidation sites excluding steroid dienone is 3. The molecule has 1 saturated heterocycles. The lowest BCUT2D eigenvalue weighted by molar-refractivity contribution is 0.418. The van der Waals surface area contributed by atoms with E-state index in [1.807, 2.05) is 25.3 Å². The largest absolute Gasteiger partial charge is 0.317 e. The van der Waals surface area contributed by atoms with Crippen molar-refractivity contribution in [3.8, 4) is 0 Å². The predicted molar refractivity (Wildman–Crippen MR) is 58.0 cm³/mol. The van der Waals surface area contributed by atoms with Crippen molar-refractivity contribution in [3.05, 3.63) is 24.4 Å². The Morgan fingerprint density at radius 3 is 2.69 bits per heavy atom. The molecule has 1 N–H and O–H groups in total. The Labute approximate surface area is 80.4 Å². The molecular weight excluding hydrogens is 160 g/mol. The molecule has 1 fully saturated rings. The summed E-state index contributed by atoms with van der Waals surface area (Å²) < 4.78 is 0. The van der Waals surface area contributed by atoms with Crippen molar-refractivity contribution in [2.75, 3.05) is 13.1 Å². The monoisotopic (exact) mass is 178 g/mol. The summed E-state index contributed by atoms with van der Waals surface area (Å²) >= 11 is 0. The van der Waals surface area contributed by atoms with Crippen LogP contribution in [0.5, 0.6) is 0 Å². The summed E-state index contributed by atoms with van der Waals surface area (Å²) in [5, 5.41) is 3.35. The first-order chi connectivity index (χ1) is 6.38. The lowest BCUT2D eigenvalue weighted by Crippen LogP contribution is -2.28. The van der Waals surface area contributed by atoms with Gasteiger partial charge in [-0.2, -0.15) is 0 Å². The third-order valence-electron chi connectivity index (χ3n) is 2.32. The van der Waals surface area contributed by atoms with Crippen LogP contribution in [0.15, 0.2) is 29.4 Å². The van der Waals surface area contributed by atoms with Crippen LogP contribution in [0.25, 0.3) is 0 Å². The lowest BCUT2D eigenvalue weighted by atomic mass is 9.94. The normalized spacial score (nSPS) is 20.8. The van der Waals surface area contributed by atoms with Gasteiger partial charge in [0.15, 0.2) is 0 Å². The van der Waals surface area contributed by atoms with Gasteiger partial charge in [-0.25, -0.2) is 0 Å². The van der Waals surface area contributed by atoms with Crippen LogP contribution in [-0.4, -0.2) is 19.3 Å². The van der Waals surface area contributed by atoms with E-state index < -0.39 is 0 Å². The topological polar surface area (TPSA) is 24.4 Å². The maximum Gasteiger partial charge on any atom is 0.0431 e. The van der Waals surface area contributed by atoms with Gasteiger partial charge in [-0.15, -0.1) is 0 Å². The minimum absolute atomic E-state index is 0.621. The van der Waals surface area contributed by atoms with Crippen LogP contribution >= 0.6 is 0 Å². The minimum Gasteiger partial charge on any atom is -0.317 e. The Morgan fingerprint density at radius 1 is 1.46 bits per heavy atom. The summed E-state index contributed by atoms with van der Waals surface area (Å²) in [5.41, 5.74) is 1.18. The number of rotatable bonds is 3. The highest BCUT2D eigenvalue weighted by Gasteiger charge is 2.15. The zero-order chi connectivity index (χ0) is 9.52. The second-order valence-electron chi connectivity index (χ2n) is 3.24. The third kappa shape index (κ3) is 3.15. The molecule has 72 valence electrons. The molecule has 1 aliphatic rings. The van der Waals surface area contributed by atoms with Gasteiger partial charge in [0.05, 0.1) is 0 Å². The number of nitrogens with one attached hydrogen (secondary N) is 1. The Bertz CT molecular complexity index is 210. The van der Waals surface area contributed by atoms with Gasteiger partial charge in [0, 0.05) is 17.8 Å². The van der Waals surface area contributed by atoms with Crippen molar-refractivity contribution >= 4 is 6.21 Å². The molecule has 0 unspecified atom stereocenters. The maximum absolute atomic E-state index is 4.37. The van der Waals surface area contributed by atoms with Crippen LogP contribution in [0.4, 0.5) is 0 Å². The van der Waals surface area contributed by atoms with E-state index in [1.54, 1.807) is 0 Å². The molecule has 0 aromatic rings. The number of piperidine rings is 1. The zero-order valence-electron chi connectivity index (χ0n) is 8.29. The van der Waals surface area contributed by atoms with Crippen LogP contribution < -0.4 is 5.32 Å². The van der Waals surface area contributed by atoms with Gasteiger partial charge in [-0.1, -0.05) is 12.7 Å². The van der Waals surface area contributed by atoms with Gasteiger partial charge in [-0.05, 0) is 38.9 Å². The van der Waals surface area contributed by atoms with E-state index in [-0.39, 0.29) is 0 Å².